The maximum Gasteiger partial charge on any atom is 0.326 e. The van der Waals surface area contributed by atoms with E-state index in [9.17, 15) is 19.5 Å². The summed E-state index contributed by atoms with van der Waals surface area (Å²) in [6.07, 6.45) is 1.38. The third-order valence-electron chi connectivity index (χ3n) is 7.69. The topological polar surface area (TPSA) is 105 Å². The van der Waals surface area contributed by atoms with Crippen molar-refractivity contribution in [3.63, 3.8) is 0 Å². The van der Waals surface area contributed by atoms with Crippen LogP contribution in [-0.2, 0) is 22.4 Å². The smallest absolute Gasteiger partial charge is 0.326 e. The van der Waals surface area contributed by atoms with Crippen LogP contribution in [-0.4, -0.2) is 41.5 Å². The zero-order chi connectivity index (χ0) is 33.6. The van der Waals surface area contributed by atoms with Crippen LogP contribution in [0.3, 0.4) is 0 Å². The maximum atomic E-state index is 13.1. The van der Waals surface area contributed by atoms with E-state index in [4.69, 9.17) is 4.74 Å². The number of carboxylic acid groups (broad SMARTS) is 1. The number of carbonyl (C=O) groups excluding carboxylic acids is 2. The lowest BCUT2D eigenvalue weighted by molar-refractivity contribution is -0.137. The molecule has 5 rings (SSSR count). The summed E-state index contributed by atoms with van der Waals surface area (Å²) < 4.78 is 6.02. The molecule has 0 heterocycles. The number of benzene rings is 5. The molecule has 7 heteroatoms. The van der Waals surface area contributed by atoms with Gasteiger partial charge >= 0.3 is 5.97 Å². The number of ether oxygens (including phenoxy) is 1. The Morgan fingerprint density at radius 2 is 1.29 bits per heavy atom. The molecular formula is C41H36N2O5. The van der Waals surface area contributed by atoms with E-state index >= 15 is 0 Å². The van der Waals surface area contributed by atoms with Crippen LogP contribution in [0.1, 0.15) is 39.0 Å². The van der Waals surface area contributed by atoms with Crippen LogP contribution < -0.4 is 15.4 Å². The first-order valence-electron chi connectivity index (χ1n) is 15.8. The monoisotopic (exact) mass is 636 g/mol. The van der Waals surface area contributed by atoms with Crippen LogP contribution in [0.5, 0.6) is 5.75 Å². The lowest BCUT2D eigenvalue weighted by Gasteiger charge is -2.19. The Balaban J connectivity index is 1.18. The molecule has 0 radical (unpaired) electrons. The van der Waals surface area contributed by atoms with Gasteiger partial charge in [0.2, 0.25) is 0 Å². The second kappa shape index (κ2) is 17.0. The van der Waals surface area contributed by atoms with Gasteiger partial charge in [-0.2, -0.15) is 0 Å². The van der Waals surface area contributed by atoms with Crippen molar-refractivity contribution in [2.75, 3.05) is 11.9 Å². The fraction of sp³-hybridized carbons (Fsp3) is 0.146. The highest BCUT2D eigenvalue weighted by Gasteiger charge is 2.21. The number of aliphatic carboxylic acids is 1. The second-order valence-corrected chi connectivity index (χ2v) is 11.2. The Labute approximate surface area is 280 Å². The highest BCUT2D eigenvalue weighted by molar-refractivity contribution is 6.12. The summed E-state index contributed by atoms with van der Waals surface area (Å²) in [4.78, 5) is 38.1. The predicted octanol–water partition coefficient (Wildman–Crippen LogP) is 6.57. The Kier molecular flexibility index (Phi) is 11.8. The lowest BCUT2D eigenvalue weighted by Crippen LogP contribution is -2.36. The second-order valence-electron chi connectivity index (χ2n) is 11.2. The molecule has 240 valence electrons. The largest absolute Gasteiger partial charge is 0.494 e. The standard InChI is InChI=1S/C41H36N2O5/c44-39(25-22-30-12-4-1-5-13-30)42-34(28-31-14-6-2-7-15-31)26-27-48-35-23-20-32(21-24-35)29-38(41(46)47)43-37-19-11-10-18-36(37)40(45)33-16-8-3-9-17-33/h1-21,23-24,34,38,43H,26-29H2,(H,42,44)(H,46,47)/t34?,38-/m0/s1. The molecule has 0 aliphatic carbocycles. The summed E-state index contributed by atoms with van der Waals surface area (Å²) in [5.74, 6) is 4.64. The van der Waals surface area contributed by atoms with E-state index in [1.807, 2.05) is 78.9 Å². The average molecular weight is 637 g/mol. The molecule has 5 aromatic rings. The van der Waals surface area contributed by atoms with Gasteiger partial charge in [0.15, 0.2) is 5.78 Å². The van der Waals surface area contributed by atoms with Gasteiger partial charge in [-0.1, -0.05) is 109 Å². The van der Waals surface area contributed by atoms with E-state index in [1.54, 1.807) is 60.7 Å². The predicted molar refractivity (Wildman–Crippen MR) is 187 cm³/mol. The number of hydrogen-bond acceptors (Lipinski definition) is 5. The maximum absolute atomic E-state index is 13.1. The quantitative estimate of drug-likeness (QED) is 0.0941. The number of nitrogens with one attached hydrogen (secondary N) is 2. The first-order chi connectivity index (χ1) is 23.4. The van der Waals surface area contributed by atoms with Crippen molar-refractivity contribution in [1.82, 2.24) is 5.32 Å². The molecule has 0 saturated heterocycles. The summed E-state index contributed by atoms with van der Waals surface area (Å²) in [6.45, 7) is 0.356. The van der Waals surface area contributed by atoms with Crippen LogP contribution >= 0.6 is 0 Å². The van der Waals surface area contributed by atoms with E-state index in [-0.39, 0.29) is 24.2 Å². The van der Waals surface area contributed by atoms with Gasteiger partial charge in [-0.05, 0) is 53.9 Å². The van der Waals surface area contributed by atoms with Crippen molar-refractivity contribution in [2.45, 2.75) is 31.3 Å². The molecule has 2 atom stereocenters. The fourth-order valence-electron chi connectivity index (χ4n) is 5.21. The van der Waals surface area contributed by atoms with Gasteiger partial charge in [0.25, 0.3) is 5.91 Å². The highest BCUT2D eigenvalue weighted by atomic mass is 16.5. The van der Waals surface area contributed by atoms with Crippen molar-refractivity contribution in [3.05, 3.63) is 167 Å². The minimum absolute atomic E-state index is 0.185. The van der Waals surface area contributed by atoms with Crippen molar-refractivity contribution < 1.29 is 24.2 Å². The number of carboxylic acids is 1. The van der Waals surface area contributed by atoms with E-state index in [2.05, 4.69) is 22.5 Å². The van der Waals surface area contributed by atoms with E-state index < -0.39 is 12.0 Å². The van der Waals surface area contributed by atoms with Crippen molar-refractivity contribution in [3.8, 4) is 17.6 Å². The molecule has 0 saturated carbocycles. The molecule has 48 heavy (non-hydrogen) atoms. The number of para-hydroxylation sites is 1. The zero-order valence-electron chi connectivity index (χ0n) is 26.3. The first-order valence-corrected chi connectivity index (χ1v) is 15.8. The van der Waals surface area contributed by atoms with Crippen molar-refractivity contribution in [1.29, 1.82) is 0 Å². The summed E-state index contributed by atoms with van der Waals surface area (Å²) in [6, 6.07) is 41.2. The van der Waals surface area contributed by atoms with Crippen LogP contribution in [0, 0.1) is 11.8 Å². The molecule has 0 bridgehead atoms. The molecule has 7 nitrogen and oxygen atoms in total. The number of rotatable bonds is 14. The van der Waals surface area contributed by atoms with Gasteiger partial charge in [0.1, 0.15) is 11.8 Å². The normalized spacial score (nSPS) is 11.7. The third-order valence-corrected chi connectivity index (χ3v) is 7.69. The number of amides is 1. The van der Waals surface area contributed by atoms with Gasteiger partial charge in [-0.15, -0.1) is 0 Å². The average Bonchev–Trinajstić information content (AvgIpc) is 3.12. The molecule has 0 aliphatic heterocycles. The van der Waals surface area contributed by atoms with Crippen LogP contribution in [0.2, 0.25) is 0 Å². The van der Waals surface area contributed by atoms with Gasteiger partial charge < -0.3 is 20.5 Å². The molecular weight excluding hydrogens is 600 g/mol. The third kappa shape index (κ3) is 9.93. The first kappa shape index (κ1) is 33.2. The molecule has 0 aromatic heterocycles. The summed E-state index contributed by atoms with van der Waals surface area (Å²) in [5, 5.41) is 16.1. The van der Waals surface area contributed by atoms with Gasteiger partial charge in [0.05, 0.1) is 6.61 Å². The van der Waals surface area contributed by atoms with E-state index in [0.717, 1.165) is 16.7 Å². The molecule has 0 fully saturated rings. The number of ketones is 1. The Morgan fingerprint density at radius 1 is 0.688 bits per heavy atom. The fourth-order valence-corrected chi connectivity index (χ4v) is 5.21. The summed E-state index contributed by atoms with van der Waals surface area (Å²) >= 11 is 0. The molecule has 5 aromatic carbocycles. The zero-order valence-corrected chi connectivity index (χ0v) is 26.3. The van der Waals surface area contributed by atoms with Gasteiger partial charge in [0, 0.05) is 47.2 Å². The van der Waals surface area contributed by atoms with E-state index in [1.165, 1.54) is 0 Å². The van der Waals surface area contributed by atoms with E-state index in [0.29, 0.717) is 42.0 Å². The minimum Gasteiger partial charge on any atom is -0.494 e. The van der Waals surface area contributed by atoms with Crippen molar-refractivity contribution in [2.24, 2.45) is 0 Å². The summed E-state index contributed by atoms with van der Waals surface area (Å²) in [5.41, 5.74) is 4.05. The number of carbonyl (C=O) groups is 3. The highest BCUT2D eigenvalue weighted by Crippen LogP contribution is 2.22. The summed E-state index contributed by atoms with van der Waals surface area (Å²) in [7, 11) is 0. The minimum atomic E-state index is -1.03. The molecule has 1 amide bonds. The Morgan fingerprint density at radius 3 is 1.98 bits per heavy atom. The van der Waals surface area contributed by atoms with Crippen LogP contribution in [0.25, 0.3) is 0 Å². The van der Waals surface area contributed by atoms with Crippen molar-refractivity contribution >= 4 is 23.3 Å². The molecule has 1 unspecified atom stereocenters. The molecule has 3 N–H and O–H groups in total. The lowest BCUT2D eigenvalue weighted by atomic mass is 10.00. The SMILES string of the molecule is O=C(C#Cc1ccccc1)NC(CCOc1ccc(C[C@H](Nc2ccccc2C(=O)c2ccccc2)C(=O)O)cc1)Cc1ccccc1. The molecule has 0 aliphatic rings. The molecule has 0 spiro atoms. The van der Waals surface area contributed by atoms with Gasteiger partial charge in [-0.25, -0.2) is 4.79 Å². The van der Waals surface area contributed by atoms with Crippen LogP contribution in [0.15, 0.2) is 140 Å². The van der Waals surface area contributed by atoms with Crippen LogP contribution in [0.4, 0.5) is 5.69 Å². The Bertz CT molecular complexity index is 1870. The number of hydrogen-bond donors (Lipinski definition) is 3. The number of anilines is 1. The van der Waals surface area contributed by atoms with Gasteiger partial charge in [-0.3, -0.25) is 9.59 Å². The Hall–Kier alpha value is -6.13.